The summed E-state index contributed by atoms with van der Waals surface area (Å²) in [6.07, 6.45) is 2.22. The molecule has 1 aliphatic heterocycles. The number of nitrogens with one attached hydrogen (secondary N) is 1. The van der Waals surface area contributed by atoms with E-state index in [1.165, 1.54) is 4.31 Å². The monoisotopic (exact) mass is 290 g/mol. The second-order valence-corrected chi connectivity index (χ2v) is 7.33. The van der Waals surface area contributed by atoms with Crippen molar-refractivity contribution in [2.45, 2.75) is 19.8 Å². The molecule has 0 aromatic heterocycles. The molecule has 1 unspecified atom stereocenters. The highest BCUT2D eigenvalue weighted by molar-refractivity contribution is 7.89. The summed E-state index contributed by atoms with van der Waals surface area (Å²) in [6, 6.07) is 0. The minimum Gasteiger partial charge on any atom is -0.379 e. The molecule has 1 heterocycles. The van der Waals surface area contributed by atoms with Gasteiger partial charge in [0.1, 0.15) is 0 Å². The van der Waals surface area contributed by atoms with E-state index in [0.717, 1.165) is 12.8 Å². The Kier molecular flexibility index (Phi) is 4.81. The zero-order chi connectivity index (χ0) is 13.9. The van der Waals surface area contributed by atoms with Gasteiger partial charge in [-0.25, -0.2) is 8.42 Å². The fourth-order valence-electron chi connectivity index (χ4n) is 2.23. The van der Waals surface area contributed by atoms with Gasteiger partial charge in [-0.1, -0.05) is 6.92 Å². The highest BCUT2D eigenvalue weighted by Gasteiger charge is 2.32. The Hall–Kier alpha value is -0.660. The van der Waals surface area contributed by atoms with Crippen LogP contribution in [0.3, 0.4) is 0 Å². The Bertz CT molecular complexity index is 413. The van der Waals surface area contributed by atoms with Crippen molar-refractivity contribution < 1.29 is 17.9 Å². The number of rotatable bonds is 6. The van der Waals surface area contributed by atoms with Gasteiger partial charge in [-0.3, -0.25) is 4.79 Å². The molecule has 1 atom stereocenters. The highest BCUT2D eigenvalue weighted by atomic mass is 32.2. The van der Waals surface area contributed by atoms with Crippen molar-refractivity contribution in [2.75, 3.05) is 38.6 Å². The Balaban J connectivity index is 1.73. The Morgan fingerprint density at radius 3 is 2.58 bits per heavy atom. The third-order valence-corrected chi connectivity index (χ3v) is 5.64. The Morgan fingerprint density at radius 2 is 2.00 bits per heavy atom. The van der Waals surface area contributed by atoms with Crippen molar-refractivity contribution in [1.29, 1.82) is 0 Å². The third-order valence-electron chi connectivity index (χ3n) is 3.77. The molecule has 2 aliphatic rings. The van der Waals surface area contributed by atoms with Gasteiger partial charge in [0.2, 0.25) is 15.9 Å². The zero-order valence-electron chi connectivity index (χ0n) is 11.3. The topological polar surface area (TPSA) is 75.7 Å². The molecule has 2 rings (SSSR count). The number of amides is 1. The number of ether oxygens (including phenoxy) is 1. The van der Waals surface area contributed by atoms with Crippen LogP contribution in [0, 0.1) is 11.8 Å². The van der Waals surface area contributed by atoms with E-state index >= 15 is 0 Å². The van der Waals surface area contributed by atoms with Crippen molar-refractivity contribution in [3.05, 3.63) is 0 Å². The number of sulfonamides is 1. The molecule has 1 N–H and O–H groups in total. The molecule has 0 spiro atoms. The van der Waals surface area contributed by atoms with E-state index in [-0.39, 0.29) is 24.1 Å². The van der Waals surface area contributed by atoms with Gasteiger partial charge in [0.05, 0.1) is 19.0 Å². The van der Waals surface area contributed by atoms with Crippen LogP contribution >= 0.6 is 0 Å². The minimum absolute atomic E-state index is 0.00564. The maximum Gasteiger partial charge on any atom is 0.223 e. The molecule has 1 aliphatic carbocycles. The molecular formula is C12H22N2O4S. The number of hydrogen-bond acceptors (Lipinski definition) is 4. The van der Waals surface area contributed by atoms with Gasteiger partial charge in [0.15, 0.2) is 0 Å². The second-order valence-electron chi connectivity index (χ2n) is 5.24. The van der Waals surface area contributed by atoms with Crippen LogP contribution in [0.5, 0.6) is 0 Å². The van der Waals surface area contributed by atoms with Crippen molar-refractivity contribution in [3.63, 3.8) is 0 Å². The van der Waals surface area contributed by atoms with E-state index < -0.39 is 10.0 Å². The Morgan fingerprint density at radius 1 is 1.37 bits per heavy atom. The predicted molar refractivity (Wildman–Crippen MR) is 71.1 cm³/mol. The standard InChI is InChI=1S/C12H22N2O4S/c1-10(11-2-3-11)12(15)13-4-9-19(16,17)14-5-7-18-8-6-14/h10-11H,2-9H2,1H3,(H,13,15). The van der Waals surface area contributed by atoms with Crippen molar-refractivity contribution in [2.24, 2.45) is 11.8 Å². The summed E-state index contributed by atoms with van der Waals surface area (Å²) in [4.78, 5) is 11.7. The van der Waals surface area contributed by atoms with E-state index in [9.17, 15) is 13.2 Å². The average molecular weight is 290 g/mol. The SMILES string of the molecule is CC(C(=O)NCCS(=O)(=O)N1CCOCC1)C1CC1. The lowest BCUT2D eigenvalue weighted by atomic mass is 10.1. The van der Waals surface area contributed by atoms with Gasteiger partial charge in [-0.15, -0.1) is 0 Å². The number of nitrogens with zero attached hydrogens (tertiary/aromatic N) is 1. The summed E-state index contributed by atoms with van der Waals surface area (Å²) in [7, 11) is -3.27. The first-order valence-corrected chi connectivity index (χ1v) is 8.45. The molecule has 110 valence electrons. The lowest BCUT2D eigenvalue weighted by molar-refractivity contribution is -0.124. The largest absolute Gasteiger partial charge is 0.379 e. The van der Waals surface area contributed by atoms with Crippen LogP contribution in [-0.2, 0) is 19.6 Å². The van der Waals surface area contributed by atoms with Gasteiger partial charge >= 0.3 is 0 Å². The predicted octanol–water partition coefficient (Wildman–Crippen LogP) is -0.189. The fourth-order valence-corrected chi connectivity index (χ4v) is 3.55. The Labute approximate surface area is 114 Å². The first kappa shape index (κ1) is 14.7. The first-order chi connectivity index (χ1) is 9.00. The van der Waals surface area contributed by atoms with Crippen LogP contribution in [0.1, 0.15) is 19.8 Å². The molecule has 0 aromatic carbocycles. The van der Waals surface area contributed by atoms with Crippen LogP contribution in [0.15, 0.2) is 0 Å². The summed E-state index contributed by atoms with van der Waals surface area (Å²) in [6.45, 7) is 3.82. The van der Waals surface area contributed by atoms with E-state index in [1.807, 2.05) is 6.92 Å². The molecule has 1 saturated heterocycles. The van der Waals surface area contributed by atoms with Crippen LogP contribution in [0.25, 0.3) is 0 Å². The van der Waals surface area contributed by atoms with Crippen LogP contribution in [-0.4, -0.2) is 57.2 Å². The van der Waals surface area contributed by atoms with Gasteiger partial charge in [-0.05, 0) is 18.8 Å². The molecule has 1 saturated carbocycles. The fraction of sp³-hybridized carbons (Fsp3) is 0.917. The van der Waals surface area contributed by atoms with Gasteiger partial charge < -0.3 is 10.1 Å². The lowest BCUT2D eigenvalue weighted by Crippen LogP contribution is -2.44. The second kappa shape index (κ2) is 6.19. The molecule has 19 heavy (non-hydrogen) atoms. The van der Waals surface area contributed by atoms with E-state index in [2.05, 4.69) is 5.32 Å². The molecule has 0 bridgehead atoms. The summed E-state index contributed by atoms with van der Waals surface area (Å²) < 4.78 is 30.6. The number of morpholine rings is 1. The van der Waals surface area contributed by atoms with Crippen molar-refractivity contribution in [1.82, 2.24) is 9.62 Å². The van der Waals surface area contributed by atoms with Crippen molar-refractivity contribution in [3.8, 4) is 0 Å². The smallest absolute Gasteiger partial charge is 0.223 e. The third kappa shape index (κ3) is 4.15. The first-order valence-electron chi connectivity index (χ1n) is 6.84. The molecule has 0 aromatic rings. The maximum atomic E-state index is 12.0. The minimum atomic E-state index is -3.27. The quantitative estimate of drug-likeness (QED) is 0.736. The van der Waals surface area contributed by atoms with E-state index in [0.29, 0.717) is 32.2 Å². The molecule has 6 nitrogen and oxygen atoms in total. The molecule has 1 amide bonds. The summed E-state index contributed by atoms with van der Waals surface area (Å²) in [5, 5.41) is 2.72. The van der Waals surface area contributed by atoms with Crippen LogP contribution in [0.4, 0.5) is 0 Å². The normalized spacial score (nSPS) is 23.0. The van der Waals surface area contributed by atoms with Crippen LogP contribution < -0.4 is 5.32 Å². The lowest BCUT2D eigenvalue weighted by Gasteiger charge is -2.26. The molecule has 2 fully saturated rings. The molecular weight excluding hydrogens is 268 g/mol. The highest BCUT2D eigenvalue weighted by Crippen LogP contribution is 2.36. The molecule has 7 heteroatoms. The maximum absolute atomic E-state index is 12.0. The number of hydrogen-bond donors (Lipinski definition) is 1. The average Bonchev–Trinajstić information content (AvgIpc) is 3.23. The summed E-state index contributed by atoms with van der Waals surface area (Å²) in [5.41, 5.74) is 0. The zero-order valence-corrected chi connectivity index (χ0v) is 12.1. The van der Waals surface area contributed by atoms with Gasteiger partial charge in [0, 0.05) is 25.6 Å². The summed E-state index contributed by atoms with van der Waals surface area (Å²) in [5.74, 6) is 0.442. The van der Waals surface area contributed by atoms with E-state index in [4.69, 9.17) is 4.74 Å². The number of carbonyl (C=O) groups excluding carboxylic acids is 1. The van der Waals surface area contributed by atoms with Gasteiger partial charge in [-0.2, -0.15) is 4.31 Å². The van der Waals surface area contributed by atoms with Crippen molar-refractivity contribution >= 4 is 15.9 Å². The summed E-state index contributed by atoms with van der Waals surface area (Å²) >= 11 is 0. The van der Waals surface area contributed by atoms with Crippen LogP contribution in [0.2, 0.25) is 0 Å². The van der Waals surface area contributed by atoms with Gasteiger partial charge in [0.25, 0.3) is 0 Å². The number of carbonyl (C=O) groups is 1. The molecule has 0 radical (unpaired) electrons. The van der Waals surface area contributed by atoms with E-state index in [1.54, 1.807) is 0 Å².